The van der Waals surface area contributed by atoms with Crippen LogP contribution in [0.3, 0.4) is 0 Å². The lowest BCUT2D eigenvalue weighted by atomic mass is 10.2. The van der Waals surface area contributed by atoms with Crippen LogP contribution in [-0.2, 0) is 17.9 Å². The van der Waals surface area contributed by atoms with E-state index >= 15 is 0 Å². The zero-order valence-corrected chi connectivity index (χ0v) is 14.5. The molecule has 3 rings (SSSR count). The van der Waals surface area contributed by atoms with Crippen molar-refractivity contribution >= 4 is 17.4 Å². The third kappa shape index (κ3) is 4.54. The number of nitro groups is 1. The molecule has 27 heavy (non-hydrogen) atoms. The van der Waals surface area contributed by atoms with E-state index in [0.29, 0.717) is 11.4 Å². The minimum Gasteiger partial charge on any atom is -0.309 e. The van der Waals surface area contributed by atoms with Crippen LogP contribution in [0.4, 0.5) is 15.9 Å². The topological polar surface area (TPSA) is 108 Å². The number of halogens is 1. The Morgan fingerprint density at radius 3 is 2.85 bits per heavy atom. The van der Waals surface area contributed by atoms with Crippen molar-refractivity contribution in [2.24, 2.45) is 0 Å². The summed E-state index contributed by atoms with van der Waals surface area (Å²) in [6.45, 7) is 2.27. The molecule has 2 aromatic heterocycles. The molecule has 1 aromatic carbocycles. The van der Waals surface area contributed by atoms with E-state index in [-0.39, 0.29) is 36.9 Å². The van der Waals surface area contributed by atoms with Gasteiger partial charge < -0.3 is 5.32 Å². The zero-order chi connectivity index (χ0) is 19.4. The fourth-order valence-electron chi connectivity index (χ4n) is 2.51. The van der Waals surface area contributed by atoms with Gasteiger partial charge in [-0.25, -0.2) is 4.39 Å². The number of nitrogens with one attached hydrogen (secondary N) is 1. The molecule has 10 heteroatoms. The molecule has 3 aromatic rings. The van der Waals surface area contributed by atoms with Crippen LogP contribution in [0.15, 0.2) is 42.7 Å². The first-order chi connectivity index (χ1) is 12.9. The standard InChI is InChI=1S/C17H17FN6O3/c1-12-8-16(21-23(12)10-13-4-2-3-5-15(13)18)20-17(25)6-7-22-11-14(9-19-22)24(26)27/h2-5,8-9,11H,6-7,10H2,1H3,(H,20,21,25). The average molecular weight is 372 g/mol. The van der Waals surface area contributed by atoms with Gasteiger partial charge >= 0.3 is 5.69 Å². The smallest absolute Gasteiger partial charge is 0.306 e. The summed E-state index contributed by atoms with van der Waals surface area (Å²) in [6.07, 6.45) is 2.48. The molecule has 0 radical (unpaired) electrons. The number of anilines is 1. The van der Waals surface area contributed by atoms with Gasteiger partial charge in [-0.1, -0.05) is 18.2 Å². The third-order valence-electron chi connectivity index (χ3n) is 3.93. The van der Waals surface area contributed by atoms with Crippen LogP contribution in [0.1, 0.15) is 17.7 Å². The van der Waals surface area contributed by atoms with Crippen molar-refractivity contribution < 1.29 is 14.1 Å². The van der Waals surface area contributed by atoms with Crippen LogP contribution in [0.5, 0.6) is 0 Å². The molecule has 0 spiro atoms. The average Bonchev–Trinajstić information content (AvgIpc) is 3.22. The Balaban J connectivity index is 1.58. The lowest BCUT2D eigenvalue weighted by Crippen LogP contribution is -2.15. The predicted molar refractivity (Wildman–Crippen MR) is 94.6 cm³/mol. The van der Waals surface area contributed by atoms with Gasteiger partial charge in [-0.3, -0.25) is 24.3 Å². The molecule has 0 aliphatic rings. The largest absolute Gasteiger partial charge is 0.309 e. The monoisotopic (exact) mass is 372 g/mol. The molecule has 0 atom stereocenters. The molecule has 1 N–H and O–H groups in total. The summed E-state index contributed by atoms with van der Waals surface area (Å²) in [5.41, 5.74) is 1.15. The van der Waals surface area contributed by atoms with E-state index in [4.69, 9.17) is 0 Å². The highest BCUT2D eigenvalue weighted by Gasteiger charge is 2.12. The first kappa shape index (κ1) is 18.2. The molecular weight excluding hydrogens is 355 g/mol. The fourth-order valence-corrected chi connectivity index (χ4v) is 2.51. The number of aromatic nitrogens is 4. The number of amides is 1. The van der Waals surface area contributed by atoms with E-state index in [2.05, 4.69) is 15.5 Å². The Labute approximate surface area is 153 Å². The molecule has 2 heterocycles. The van der Waals surface area contributed by atoms with Gasteiger partial charge in [0.1, 0.15) is 18.2 Å². The molecule has 0 aliphatic carbocycles. The van der Waals surface area contributed by atoms with Crippen molar-refractivity contribution in [3.63, 3.8) is 0 Å². The van der Waals surface area contributed by atoms with Crippen molar-refractivity contribution in [1.82, 2.24) is 19.6 Å². The minimum atomic E-state index is -0.547. The van der Waals surface area contributed by atoms with E-state index in [9.17, 15) is 19.3 Å². The quantitative estimate of drug-likeness (QED) is 0.506. The minimum absolute atomic E-state index is 0.0814. The van der Waals surface area contributed by atoms with Crippen LogP contribution in [0, 0.1) is 22.9 Å². The van der Waals surface area contributed by atoms with Crippen molar-refractivity contribution in [2.45, 2.75) is 26.4 Å². The van der Waals surface area contributed by atoms with Crippen LogP contribution in [0.25, 0.3) is 0 Å². The van der Waals surface area contributed by atoms with Crippen molar-refractivity contribution in [1.29, 1.82) is 0 Å². The fraction of sp³-hybridized carbons (Fsp3) is 0.235. The molecule has 0 unspecified atom stereocenters. The Morgan fingerprint density at radius 2 is 2.15 bits per heavy atom. The molecule has 0 saturated carbocycles. The lowest BCUT2D eigenvalue weighted by Gasteiger charge is -2.05. The number of hydrogen-bond acceptors (Lipinski definition) is 5. The summed E-state index contributed by atoms with van der Waals surface area (Å²) >= 11 is 0. The van der Waals surface area contributed by atoms with Crippen molar-refractivity contribution in [2.75, 3.05) is 5.32 Å². The van der Waals surface area contributed by atoms with E-state index in [0.717, 1.165) is 11.9 Å². The molecule has 0 saturated heterocycles. The summed E-state index contributed by atoms with van der Waals surface area (Å²) in [5, 5.41) is 21.4. The first-order valence-electron chi connectivity index (χ1n) is 8.17. The highest BCUT2D eigenvalue weighted by molar-refractivity contribution is 5.89. The number of carbonyl (C=O) groups is 1. The Hall–Kier alpha value is -3.56. The van der Waals surface area contributed by atoms with E-state index in [1.807, 2.05) is 6.92 Å². The van der Waals surface area contributed by atoms with Gasteiger partial charge in [0.2, 0.25) is 5.91 Å². The predicted octanol–water partition coefficient (Wildman–Crippen LogP) is 2.51. The van der Waals surface area contributed by atoms with Crippen LogP contribution >= 0.6 is 0 Å². The summed E-state index contributed by atoms with van der Waals surface area (Å²) < 4.78 is 16.7. The van der Waals surface area contributed by atoms with E-state index < -0.39 is 4.92 Å². The maximum absolute atomic E-state index is 13.8. The number of nitrogens with zero attached hydrogens (tertiary/aromatic N) is 5. The summed E-state index contributed by atoms with van der Waals surface area (Å²) in [6, 6.07) is 8.13. The number of carbonyl (C=O) groups excluding carboxylic acids is 1. The van der Waals surface area contributed by atoms with Gasteiger partial charge in [0.25, 0.3) is 0 Å². The lowest BCUT2D eigenvalue weighted by molar-refractivity contribution is -0.385. The van der Waals surface area contributed by atoms with Gasteiger partial charge in [0.15, 0.2) is 5.82 Å². The Bertz CT molecular complexity index is 981. The van der Waals surface area contributed by atoms with Crippen LogP contribution in [-0.4, -0.2) is 30.4 Å². The molecule has 9 nitrogen and oxygen atoms in total. The number of aryl methyl sites for hydroxylation is 2. The van der Waals surface area contributed by atoms with Crippen molar-refractivity contribution in [3.8, 4) is 0 Å². The van der Waals surface area contributed by atoms with Gasteiger partial charge in [-0.15, -0.1) is 0 Å². The van der Waals surface area contributed by atoms with Gasteiger partial charge in [-0.2, -0.15) is 10.2 Å². The maximum atomic E-state index is 13.8. The first-order valence-corrected chi connectivity index (χ1v) is 8.17. The third-order valence-corrected chi connectivity index (χ3v) is 3.93. The Kier molecular flexibility index (Phi) is 5.25. The SMILES string of the molecule is Cc1cc(NC(=O)CCn2cc([N+](=O)[O-])cn2)nn1Cc1ccccc1F. The maximum Gasteiger partial charge on any atom is 0.306 e. The number of benzene rings is 1. The molecule has 0 fully saturated rings. The summed E-state index contributed by atoms with van der Waals surface area (Å²) in [5.74, 6) is -0.254. The van der Waals surface area contributed by atoms with Gasteiger partial charge in [-0.05, 0) is 13.0 Å². The number of rotatable bonds is 7. The van der Waals surface area contributed by atoms with Crippen LogP contribution in [0.2, 0.25) is 0 Å². The highest BCUT2D eigenvalue weighted by atomic mass is 19.1. The van der Waals surface area contributed by atoms with E-state index in [1.165, 1.54) is 16.9 Å². The highest BCUT2D eigenvalue weighted by Crippen LogP contribution is 2.14. The second-order valence-corrected chi connectivity index (χ2v) is 5.94. The molecule has 0 aliphatic heterocycles. The zero-order valence-electron chi connectivity index (χ0n) is 14.5. The van der Waals surface area contributed by atoms with Gasteiger partial charge in [0, 0.05) is 30.3 Å². The molecular formula is C17H17FN6O3. The number of hydrogen-bond donors (Lipinski definition) is 1. The van der Waals surface area contributed by atoms with Crippen molar-refractivity contribution in [3.05, 3.63) is 69.9 Å². The Morgan fingerprint density at radius 1 is 1.37 bits per heavy atom. The summed E-state index contributed by atoms with van der Waals surface area (Å²) in [4.78, 5) is 22.1. The molecule has 140 valence electrons. The van der Waals surface area contributed by atoms with E-state index in [1.54, 1.807) is 28.9 Å². The second-order valence-electron chi connectivity index (χ2n) is 5.94. The normalized spacial score (nSPS) is 10.7. The molecule has 0 bridgehead atoms. The summed E-state index contributed by atoms with van der Waals surface area (Å²) in [7, 11) is 0. The van der Waals surface area contributed by atoms with Gasteiger partial charge in [0.05, 0.1) is 11.5 Å². The second kappa shape index (κ2) is 7.77. The van der Waals surface area contributed by atoms with Crippen LogP contribution < -0.4 is 5.32 Å². The molecule has 1 amide bonds.